The van der Waals surface area contributed by atoms with Crippen molar-refractivity contribution in [1.82, 2.24) is 15.1 Å². The van der Waals surface area contributed by atoms with Crippen molar-refractivity contribution in [3.63, 3.8) is 0 Å². The second kappa shape index (κ2) is 7.89. The van der Waals surface area contributed by atoms with Crippen molar-refractivity contribution in [2.24, 2.45) is 0 Å². The molecule has 0 spiro atoms. The fraction of sp³-hybridized carbons (Fsp3) is 0.600. The van der Waals surface area contributed by atoms with Crippen LogP contribution in [0.5, 0.6) is 0 Å². The first-order chi connectivity index (χ1) is 12.1. The molecule has 2 aliphatic rings. The van der Waals surface area contributed by atoms with E-state index in [2.05, 4.69) is 43.4 Å². The van der Waals surface area contributed by atoms with Crippen LogP contribution in [0.1, 0.15) is 56.2 Å². The minimum absolute atomic E-state index is 0.0175. The van der Waals surface area contributed by atoms with Crippen LogP contribution in [0, 0.1) is 6.92 Å². The van der Waals surface area contributed by atoms with Gasteiger partial charge in [0.1, 0.15) is 6.54 Å². The highest BCUT2D eigenvalue weighted by atomic mass is 16.2. The summed E-state index contributed by atoms with van der Waals surface area (Å²) in [6.45, 7) is 5.61. The van der Waals surface area contributed by atoms with Gasteiger partial charge in [-0.1, -0.05) is 49.6 Å². The zero-order valence-corrected chi connectivity index (χ0v) is 15.3. The molecule has 1 aliphatic heterocycles. The predicted molar refractivity (Wildman–Crippen MR) is 98.3 cm³/mol. The molecule has 2 fully saturated rings. The minimum atomic E-state index is -0.133. The van der Waals surface area contributed by atoms with Crippen molar-refractivity contribution in [2.75, 3.05) is 19.6 Å². The van der Waals surface area contributed by atoms with Crippen LogP contribution >= 0.6 is 0 Å². The van der Waals surface area contributed by atoms with E-state index >= 15 is 0 Å². The molecule has 1 saturated carbocycles. The Morgan fingerprint density at radius 1 is 1.20 bits per heavy atom. The van der Waals surface area contributed by atoms with Gasteiger partial charge in [-0.3, -0.25) is 4.79 Å². The summed E-state index contributed by atoms with van der Waals surface area (Å²) < 4.78 is 0. The highest BCUT2D eigenvalue weighted by Gasteiger charge is 2.33. The summed E-state index contributed by atoms with van der Waals surface area (Å²) >= 11 is 0. The van der Waals surface area contributed by atoms with Gasteiger partial charge in [0.2, 0.25) is 5.91 Å². The molecule has 0 radical (unpaired) electrons. The van der Waals surface area contributed by atoms with Crippen LogP contribution in [0.25, 0.3) is 0 Å². The van der Waals surface area contributed by atoms with Crippen molar-refractivity contribution in [1.29, 1.82) is 0 Å². The standard InChI is InChI=1S/C20H29N3O2/c1-3-18(16-10-8-15(2)9-11-16)21-20(25)22-12-13-23(19(24)14-22)17-6-4-5-7-17/h8-11,17-18H,3-7,12-14H2,1-2H3,(H,21,25)/t18-/m1/s1. The topological polar surface area (TPSA) is 52.7 Å². The molecule has 1 aromatic carbocycles. The summed E-state index contributed by atoms with van der Waals surface area (Å²) in [7, 11) is 0. The Bertz CT molecular complexity index is 608. The zero-order chi connectivity index (χ0) is 17.8. The molecule has 0 aromatic heterocycles. The van der Waals surface area contributed by atoms with Gasteiger partial charge in [-0.15, -0.1) is 0 Å². The maximum absolute atomic E-state index is 12.6. The van der Waals surface area contributed by atoms with Crippen LogP contribution in [0.3, 0.4) is 0 Å². The maximum atomic E-state index is 12.6. The first-order valence-electron chi connectivity index (χ1n) is 9.50. The van der Waals surface area contributed by atoms with Crippen molar-refractivity contribution in [2.45, 2.75) is 58.0 Å². The fourth-order valence-corrected chi connectivity index (χ4v) is 3.92. The predicted octanol–water partition coefficient (Wildman–Crippen LogP) is 3.24. The number of nitrogens with zero attached hydrogens (tertiary/aromatic N) is 2. The molecule has 0 unspecified atom stereocenters. The van der Waals surface area contributed by atoms with Crippen LogP contribution in [0.15, 0.2) is 24.3 Å². The number of urea groups is 1. The zero-order valence-electron chi connectivity index (χ0n) is 15.3. The molecule has 3 amide bonds. The lowest BCUT2D eigenvalue weighted by molar-refractivity contribution is -0.137. The van der Waals surface area contributed by atoms with Gasteiger partial charge >= 0.3 is 6.03 Å². The number of benzene rings is 1. The van der Waals surface area contributed by atoms with Gasteiger partial charge in [-0.05, 0) is 31.7 Å². The molecule has 1 aliphatic carbocycles. The van der Waals surface area contributed by atoms with Crippen LogP contribution in [0.4, 0.5) is 4.79 Å². The van der Waals surface area contributed by atoms with E-state index < -0.39 is 0 Å². The van der Waals surface area contributed by atoms with E-state index in [4.69, 9.17) is 0 Å². The molecule has 136 valence electrons. The molecule has 5 heteroatoms. The van der Waals surface area contributed by atoms with Gasteiger partial charge in [-0.25, -0.2) is 4.79 Å². The molecule has 3 rings (SSSR count). The van der Waals surface area contributed by atoms with E-state index in [9.17, 15) is 9.59 Å². The molecular formula is C20H29N3O2. The van der Waals surface area contributed by atoms with Gasteiger partial charge in [0, 0.05) is 19.1 Å². The number of aryl methyl sites for hydroxylation is 1. The van der Waals surface area contributed by atoms with Crippen molar-refractivity contribution in [3.8, 4) is 0 Å². The largest absolute Gasteiger partial charge is 0.336 e. The number of nitrogens with one attached hydrogen (secondary N) is 1. The monoisotopic (exact) mass is 343 g/mol. The van der Waals surface area contributed by atoms with Crippen molar-refractivity contribution in [3.05, 3.63) is 35.4 Å². The highest BCUT2D eigenvalue weighted by Crippen LogP contribution is 2.25. The molecular weight excluding hydrogens is 314 g/mol. The Balaban J connectivity index is 1.57. The van der Waals surface area contributed by atoms with E-state index in [0.29, 0.717) is 19.1 Å². The van der Waals surface area contributed by atoms with Crippen LogP contribution < -0.4 is 5.32 Å². The number of piperazine rings is 1. The summed E-state index contributed by atoms with van der Waals surface area (Å²) in [6, 6.07) is 8.50. The van der Waals surface area contributed by atoms with E-state index in [1.807, 2.05) is 4.90 Å². The van der Waals surface area contributed by atoms with E-state index in [1.54, 1.807) is 4.90 Å². The number of carbonyl (C=O) groups excluding carboxylic acids is 2. The van der Waals surface area contributed by atoms with E-state index in [1.165, 1.54) is 18.4 Å². The number of hydrogen-bond acceptors (Lipinski definition) is 2. The molecule has 25 heavy (non-hydrogen) atoms. The second-order valence-corrected chi connectivity index (χ2v) is 7.27. The number of carbonyl (C=O) groups is 2. The second-order valence-electron chi connectivity index (χ2n) is 7.27. The average Bonchev–Trinajstić information content (AvgIpc) is 3.14. The Morgan fingerprint density at radius 2 is 1.88 bits per heavy atom. The first-order valence-corrected chi connectivity index (χ1v) is 9.50. The lowest BCUT2D eigenvalue weighted by Gasteiger charge is -2.38. The lowest BCUT2D eigenvalue weighted by Crippen LogP contribution is -2.57. The normalized spacial score (nSPS) is 20.0. The fourth-order valence-electron chi connectivity index (χ4n) is 3.92. The number of hydrogen-bond donors (Lipinski definition) is 1. The Hall–Kier alpha value is -2.04. The SMILES string of the molecule is CC[C@@H](NC(=O)N1CCN(C2CCCC2)C(=O)C1)c1ccc(C)cc1. The van der Waals surface area contributed by atoms with E-state index in [0.717, 1.165) is 24.8 Å². The summed E-state index contributed by atoms with van der Waals surface area (Å²) in [5.74, 6) is 0.0942. The summed E-state index contributed by atoms with van der Waals surface area (Å²) in [4.78, 5) is 28.7. The third-order valence-corrected chi connectivity index (χ3v) is 5.50. The van der Waals surface area contributed by atoms with Gasteiger partial charge in [0.05, 0.1) is 6.04 Å². The number of rotatable bonds is 4. The Morgan fingerprint density at radius 3 is 2.48 bits per heavy atom. The van der Waals surface area contributed by atoms with Crippen LogP contribution in [-0.4, -0.2) is 47.4 Å². The molecule has 5 nitrogen and oxygen atoms in total. The van der Waals surface area contributed by atoms with Crippen molar-refractivity contribution >= 4 is 11.9 Å². The summed E-state index contributed by atoms with van der Waals surface area (Å²) in [6.07, 6.45) is 5.48. The molecule has 0 bridgehead atoms. The minimum Gasteiger partial charge on any atom is -0.336 e. The Kier molecular flexibility index (Phi) is 5.61. The first kappa shape index (κ1) is 17.8. The maximum Gasteiger partial charge on any atom is 0.318 e. The highest BCUT2D eigenvalue weighted by molar-refractivity contribution is 5.85. The average molecular weight is 343 g/mol. The van der Waals surface area contributed by atoms with Gasteiger partial charge < -0.3 is 15.1 Å². The molecule has 1 aromatic rings. The molecule has 1 atom stereocenters. The van der Waals surface area contributed by atoms with Gasteiger partial charge in [0.15, 0.2) is 0 Å². The Labute approximate surface area is 150 Å². The van der Waals surface area contributed by atoms with Gasteiger partial charge in [0.25, 0.3) is 0 Å². The molecule has 1 saturated heterocycles. The third-order valence-electron chi connectivity index (χ3n) is 5.50. The summed E-state index contributed by atoms with van der Waals surface area (Å²) in [5, 5.41) is 3.09. The summed E-state index contributed by atoms with van der Waals surface area (Å²) in [5.41, 5.74) is 2.32. The lowest BCUT2D eigenvalue weighted by atomic mass is 10.0. The van der Waals surface area contributed by atoms with E-state index in [-0.39, 0.29) is 24.5 Å². The van der Waals surface area contributed by atoms with Crippen molar-refractivity contribution < 1.29 is 9.59 Å². The van der Waals surface area contributed by atoms with Gasteiger partial charge in [-0.2, -0.15) is 0 Å². The third kappa shape index (κ3) is 4.14. The number of amides is 3. The van der Waals surface area contributed by atoms with Crippen LogP contribution in [0.2, 0.25) is 0 Å². The quantitative estimate of drug-likeness (QED) is 0.912. The molecule has 1 N–H and O–H groups in total. The molecule has 1 heterocycles. The smallest absolute Gasteiger partial charge is 0.318 e. The van der Waals surface area contributed by atoms with Crippen LogP contribution in [-0.2, 0) is 4.79 Å².